The van der Waals surface area contributed by atoms with Gasteiger partial charge in [0, 0.05) is 18.1 Å². The highest BCUT2D eigenvalue weighted by Crippen LogP contribution is 2.29. The van der Waals surface area contributed by atoms with Crippen molar-refractivity contribution in [1.29, 1.82) is 0 Å². The summed E-state index contributed by atoms with van der Waals surface area (Å²) in [6.07, 6.45) is 2.10. The Bertz CT molecular complexity index is 634. The van der Waals surface area contributed by atoms with Gasteiger partial charge in [-0.25, -0.2) is 5.06 Å². The van der Waals surface area contributed by atoms with Gasteiger partial charge in [0.25, 0.3) is 11.1 Å². The van der Waals surface area contributed by atoms with Crippen molar-refractivity contribution < 1.29 is 14.4 Å². The van der Waals surface area contributed by atoms with E-state index in [1.54, 1.807) is 0 Å². The molecule has 7 heteroatoms. The van der Waals surface area contributed by atoms with Crippen LogP contribution in [0.3, 0.4) is 0 Å². The molecular weight excluding hydrogens is 396 g/mol. The van der Waals surface area contributed by atoms with E-state index in [-0.39, 0.29) is 11.1 Å². The monoisotopic (exact) mass is 428 g/mol. The molecule has 1 heterocycles. The van der Waals surface area contributed by atoms with Gasteiger partial charge in [0.2, 0.25) is 0 Å². The standard InChI is InChI=1S/C12H14ClNO2.C9H19NOS/c1-12(2)8-16-14(11(12)15)7-9-5-3-4-6-10(9)13;1-4-7-10(8-5-2)9(11)12-6-3/h3-6H,7-8H2,1-2H3;4-8H2,1-3H3. The molecule has 1 saturated heterocycles. The van der Waals surface area contributed by atoms with Crippen LogP contribution in [-0.4, -0.2) is 46.6 Å². The van der Waals surface area contributed by atoms with Crippen LogP contribution in [0.2, 0.25) is 5.02 Å². The maximum atomic E-state index is 11.9. The van der Waals surface area contributed by atoms with Gasteiger partial charge in [-0.15, -0.1) is 0 Å². The smallest absolute Gasteiger partial charge is 0.281 e. The van der Waals surface area contributed by atoms with E-state index in [0.717, 1.165) is 37.2 Å². The van der Waals surface area contributed by atoms with Gasteiger partial charge in [-0.3, -0.25) is 14.4 Å². The Kier molecular flexibility index (Phi) is 10.9. The van der Waals surface area contributed by atoms with Crippen molar-refractivity contribution >= 4 is 34.5 Å². The largest absolute Gasteiger partial charge is 0.334 e. The maximum Gasteiger partial charge on any atom is 0.281 e. The zero-order valence-electron chi connectivity index (χ0n) is 17.7. The highest BCUT2D eigenvalue weighted by molar-refractivity contribution is 8.13. The molecule has 1 aliphatic rings. The summed E-state index contributed by atoms with van der Waals surface area (Å²) in [6, 6.07) is 7.46. The van der Waals surface area contributed by atoms with Gasteiger partial charge in [0.15, 0.2) is 0 Å². The maximum absolute atomic E-state index is 11.9. The first-order chi connectivity index (χ1) is 13.3. The zero-order chi connectivity index (χ0) is 21.2. The number of carbonyl (C=O) groups excluding carboxylic acids is 2. The van der Waals surface area contributed by atoms with Crippen LogP contribution in [0.4, 0.5) is 4.79 Å². The number of amides is 2. The summed E-state index contributed by atoms with van der Waals surface area (Å²) in [6.45, 7) is 12.6. The number of benzene rings is 1. The van der Waals surface area contributed by atoms with E-state index in [1.165, 1.54) is 16.8 Å². The van der Waals surface area contributed by atoms with Crippen LogP contribution >= 0.6 is 23.4 Å². The first-order valence-electron chi connectivity index (χ1n) is 9.86. The van der Waals surface area contributed by atoms with Crippen molar-refractivity contribution in [2.45, 2.75) is 54.0 Å². The molecule has 1 aliphatic heterocycles. The van der Waals surface area contributed by atoms with Crippen molar-refractivity contribution in [2.75, 3.05) is 25.4 Å². The first-order valence-corrected chi connectivity index (χ1v) is 11.2. The molecule has 0 unspecified atom stereocenters. The Morgan fingerprint density at radius 2 is 1.82 bits per heavy atom. The number of carbonyl (C=O) groups is 2. The molecule has 0 aromatic heterocycles. The van der Waals surface area contributed by atoms with E-state index in [4.69, 9.17) is 16.4 Å². The second-order valence-corrected chi connectivity index (χ2v) is 8.90. The molecule has 0 atom stereocenters. The van der Waals surface area contributed by atoms with Gasteiger partial charge in [-0.1, -0.05) is 62.3 Å². The lowest BCUT2D eigenvalue weighted by molar-refractivity contribution is -0.165. The topological polar surface area (TPSA) is 49.9 Å². The molecule has 1 fully saturated rings. The van der Waals surface area contributed by atoms with Crippen molar-refractivity contribution in [3.8, 4) is 0 Å². The minimum Gasteiger partial charge on any atom is -0.334 e. The van der Waals surface area contributed by atoms with Crippen LogP contribution in [-0.2, 0) is 16.2 Å². The highest BCUT2D eigenvalue weighted by Gasteiger charge is 2.40. The minimum atomic E-state index is -0.429. The van der Waals surface area contributed by atoms with Gasteiger partial charge < -0.3 is 4.90 Å². The summed E-state index contributed by atoms with van der Waals surface area (Å²) < 4.78 is 0. The van der Waals surface area contributed by atoms with Crippen molar-refractivity contribution in [3.63, 3.8) is 0 Å². The quantitative estimate of drug-likeness (QED) is 0.565. The Balaban J connectivity index is 0.000000295. The fraction of sp³-hybridized carbons (Fsp3) is 0.619. The number of rotatable bonds is 7. The third-order valence-electron chi connectivity index (χ3n) is 4.17. The molecule has 0 spiro atoms. The fourth-order valence-corrected chi connectivity index (χ4v) is 3.45. The van der Waals surface area contributed by atoms with E-state index in [9.17, 15) is 9.59 Å². The van der Waals surface area contributed by atoms with Crippen molar-refractivity contribution in [1.82, 2.24) is 9.96 Å². The molecule has 28 heavy (non-hydrogen) atoms. The van der Waals surface area contributed by atoms with Crippen LogP contribution in [0, 0.1) is 5.41 Å². The Morgan fingerprint density at radius 1 is 1.21 bits per heavy atom. The SMILES string of the molecule is CC1(C)CON(Cc2ccccc2Cl)C1=O.CCCN(CCC)C(=O)SCC. The molecular formula is C21H33ClN2O3S. The lowest BCUT2D eigenvalue weighted by Crippen LogP contribution is -2.30. The Morgan fingerprint density at radius 3 is 2.29 bits per heavy atom. The predicted molar refractivity (Wildman–Crippen MR) is 117 cm³/mol. The molecule has 5 nitrogen and oxygen atoms in total. The molecule has 1 aromatic rings. The molecule has 0 bridgehead atoms. The van der Waals surface area contributed by atoms with Gasteiger partial charge in [-0.2, -0.15) is 0 Å². The minimum absolute atomic E-state index is 0.00687. The molecule has 0 saturated carbocycles. The van der Waals surface area contributed by atoms with Gasteiger partial charge in [0.1, 0.15) is 0 Å². The van der Waals surface area contributed by atoms with Gasteiger partial charge in [-0.05, 0) is 44.1 Å². The normalized spacial score (nSPS) is 15.2. The lowest BCUT2D eigenvalue weighted by atomic mass is 9.95. The molecule has 2 amide bonds. The first kappa shape index (κ1) is 24.8. The van der Waals surface area contributed by atoms with Crippen LogP contribution in [0.25, 0.3) is 0 Å². The van der Waals surface area contributed by atoms with Crippen LogP contribution in [0.15, 0.2) is 24.3 Å². The summed E-state index contributed by atoms with van der Waals surface area (Å²) in [5, 5.41) is 2.28. The average Bonchev–Trinajstić information content (AvgIpc) is 2.91. The fourth-order valence-electron chi connectivity index (χ4n) is 2.64. The molecule has 0 N–H and O–H groups in total. The molecule has 0 aliphatic carbocycles. The lowest BCUT2D eigenvalue weighted by Gasteiger charge is -2.20. The number of thioether (sulfide) groups is 1. The highest BCUT2D eigenvalue weighted by atomic mass is 35.5. The second-order valence-electron chi connectivity index (χ2n) is 7.28. The Labute approximate surface area is 178 Å². The van der Waals surface area contributed by atoms with E-state index in [2.05, 4.69) is 13.8 Å². The zero-order valence-corrected chi connectivity index (χ0v) is 19.2. The average molecular weight is 429 g/mol. The van der Waals surface area contributed by atoms with E-state index in [1.807, 2.05) is 49.9 Å². The van der Waals surface area contributed by atoms with E-state index in [0.29, 0.717) is 18.2 Å². The summed E-state index contributed by atoms with van der Waals surface area (Å²) in [5.41, 5.74) is 0.469. The third kappa shape index (κ3) is 7.64. The molecule has 0 radical (unpaired) electrons. The number of hydrogen-bond acceptors (Lipinski definition) is 4. The van der Waals surface area contributed by atoms with Crippen LogP contribution < -0.4 is 0 Å². The van der Waals surface area contributed by atoms with Crippen LogP contribution in [0.1, 0.15) is 53.0 Å². The van der Waals surface area contributed by atoms with E-state index < -0.39 is 5.41 Å². The van der Waals surface area contributed by atoms with Gasteiger partial charge in [0.05, 0.1) is 18.6 Å². The number of hydroxylamine groups is 2. The number of nitrogens with zero attached hydrogens (tertiary/aromatic N) is 2. The van der Waals surface area contributed by atoms with Crippen molar-refractivity contribution in [3.05, 3.63) is 34.9 Å². The third-order valence-corrected chi connectivity index (χ3v) is 5.33. The number of hydrogen-bond donors (Lipinski definition) is 0. The molecule has 1 aromatic carbocycles. The van der Waals surface area contributed by atoms with Crippen molar-refractivity contribution in [2.24, 2.45) is 5.41 Å². The summed E-state index contributed by atoms with van der Waals surface area (Å²) >= 11 is 7.43. The molecule has 2 rings (SSSR count). The predicted octanol–water partition coefficient (Wildman–Crippen LogP) is 5.62. The summed E-state index contributed by atoms with van der Waals surface area (Å²) in [4.78, 5) is 30.6. The summed E-state index contributed by atoms with van der Waals surface area (Å²) in [7, 11) is 0. The Hall–Kier alpha value is -1.24. The van der Waals surface area contributed by atoms with E-state index >= 15 is 0 Å². The number of halogens is 1. The molecule has 158 valence electrons. The van der Waals surface area contributed by atoms with Gasteiger partial charge >= 0.3 is 0 Å². The van der Waals surface area contributed by atoms with Crippen LogP contribution in [0.5, 0.6) is 0 Å². The second kappa shape index (κ2) is 12.3. The summed E-state index contributed by atoms with van der Waals surface area (Å²) in [5.74, 6) is 0.885.